The molecule has 1 aliphatic rings. The molecule has 16 heavy (non-hydrogen) atoms. The topological polar surface area (TPSA) is 46.5 Å². The molecule has 1 aromatic carbocycles. The van der Waals surface area contributed by atoms with Crippen LogP contribution in [0.4, 0.5) is 0 Å². The fourth-order valence-corrected chi connectivity index (χ4v) is 2.14. The minimum atomic E-state index is -0.710. The first-order chi connectivity index (χ1) is 7.75. The van der Waals surface area contributed by atoms with E-state index in [2.05, 4.69) is 6.07 Å². The number of carbonyl (C=O) groups is 1. The Morgan fingerprint density at radius 2 is 2.25 bits per heavy atom. The Morgan fingerprint density at radius 3 is 3.06 bits per heavy atom. The van der Waals surface area contributed by atoms with E-state index in [0.29, 0.717) is 12.5 Å². The van der Waals surface area contributed by atoms with Gasteiger partial charge >= 0.3 is 5.97 Å². The maximum atomic E-state index is 10.5. The molecule has 0 saturated heterocycles. The summed E-state index contributed by atoms with van der Waals surface area (Å²) in [6, 6.07) is 8.02. The van der Waals surface area contributed by atoms with E-state index in [1.165, 1.54) is 5.56 Å². The highest BCUT2D eigenvalue weighted by molar-refractivity contribution is 5.66. The fraction of sp³-hybridized carbons (Fsp3) is 0.462. The molecule has 3 heteroatoms. The minimum Gasteiger partial charge on any atom is -0.493 e. The Labute approximate surface area is 95.0 Å². The minimum absolute atomic E-state index is 0.257. The number of carboxylic acids is 1. The smallest absolute Gasteiger partial charge is 0.303 e. The lowest BCUT2D eigenvalue weighted by Crippen LogP contribution is -2.08. The third-order valence-electron chi connectivity index (χ3n) is 3.03. The van der Waals surface area contributed by atoms with Crippen LogP contribution in [0.15, 0.2) is 24.3 Å². The summed E-state index contributed by atoms with van der Waals surface area (Å²) in [5, 5.41) is 8.68. The number of fused-ring (bicyclic) bond motifs is 1. The summed E-state index contributed by atoms with van der Waals surface area (Å²) in [4.78, 5) is 10.5. The van der Waals surface area contributed by atoms with Crippen molar-refractivity contribution in [1.82, 2.24) is 0 Å². The average molecular weight is 220 g/mol. The van der Waals surface area contributed by atoms with E-state index >= 15 is 0 Å². The quantitative estimate of drug-likeness (QED) is 0.851. The van der Waals surface area contributed by atoms with Gasteiger partial charge in [0, 0.05) is 6.42 Å². The van der Waals surface area contributed by atoms with Crippen LogP contribution < -0.4 is 4.74 Å². The van der Waals surface area contributed by atoms with Gasteiger partial charge in [-0.3, -0.25) is 4.79 Å². The van der Waals surface area contributed by atoms with Gasteiger partial charge in [0.05, 0.1) is 6.61 Å². The van der Waals surface area contributed by atoms with Gasteiger partial charge in [0.1, 0.15) is 5.75 Å². The molecule has 1 aliphatic heterocycles. The summed E-state index contributed by atoms with van der Waals surface area (Å²) >= 11 is 0. The van der Waals surface area contributed by atoms with E-state index in [4.69, 9.17) is 9.84 Å². The largest absolute Gasteiger partial charge is 0.493 e. The molecule has 1 atom stereocenters. The zero-order valence-corrected chi connectivity index (χ0v) is 9.19. The molecule has 0 fully saturated rings. The molecule has 1 aromatic rings. The molecule has 0 bridgehead atoms. The number of rotatable bonds is 3. The van der Waals surface area contributed by atoms with Crippen molar-refractivity contribution >= 4 is 5.97 Å². The second-order valence-corrected chi connectivity index (χ2v) is 4.25. The number of aliphatic carboxylic acids is 1. The van der Waals surface area contributed by atoms with Crippen LogP contribution in [-0.2, 0) is 11.2 Å². The Morgan fingerprint density at radius 1 is 1.44 bits per heavy atom. The SMILES string of the molecule is O=C(O)CCC1CCOc2ccccc2C1. The average Bonchev–Trinajstić information content (AvgIpc) is 2.47. The lowest BCUT2D eigenvalue weighted by Gasteiger charge is -2.11. The molecule has 0 radical (unpaired) electrons. The van der Waals surface area contributed by atoms with E-state index in [1.807, 2.05) is 18.2 Å². The summed E-state index contributed by atoms with van der Waals surface area (Å²) in [6.07, 6.45) is 2.88. The van der Waals surface area contributed by atoms with Crippen LogP contribution in [0.3, 0.4) is 0 Å². The first kappa shape index (κ1) is 11.0. The van der Waals surface area contributed by atoms with Crippen LogP contribution in [-0.4, -0.2) is 17.7 Å². The van der Waals surface area contributed by atoms with E-state index < -0.39 is 5.97 Å². The molecule has 0 aliphatic carbocycles. The summed E-state index contributed by atoms with van der Waals surface area (Å²) < 4.78 is 5.64. The Kier molecular flexibility index (Phi) is 3.44. The highest BCUT2D eigenvalue weighted by Gasteiger charge is 2.17. The van der Waals surface area contributed by atoms with Gasteiger partial charge in [-0.2, -0.15) is 0 Å². The van der Waals surface area contributed by atoms with Crippen molar-refractivity contribution in [1.29, 1.82) is 0 Å². The molecule has 0 saturated carbocycles. The number of benzene rings is 1. The van der Waals surface area contributed by atoms with Crippen molar-refractivity contribution < 1.29 is 14.6 Å². The molecule has 1 N–H and O–H groups in total. The van der Waals surface area contributed by atoms with E-state index in [1.54, 1.807) is 0 Å². The normalized spacial score (nSPS) is 19.4. The van der Waals surface area contributed by atoms with Crippen molar-refractivity contribution in [2.75, 3.05) is 6.61 Å². The van der Waals surface area contributed by atoms with Crippen LogP contribution in [0.1, 0.15) is 24.8 Å². The van der Waals surface area contributed by atoms with E-state index in [9.17, 15) is 4.79 Å². The standard InChI is InChI=1S/C13H16O3/c14-13(15)6-5-10-7-8-16-12-4-2-1-3-11(12)9-10/h1-4,10H,5-9H2,(H,14,15). The van der Waals surface area contributed by atoms with Crippen molar-refractivity contribution in [3.63, 3.8) is 0 Å². The zero-order valence-electron chi connectivity index (χ0n) is 9.19. The zero-order chi connectivity index (χ0) is 11.4. The molecular weight excluding hydrogens is 204 g/mol. The molecule has 0 amide bonds. The predicted molar refractivity (Wildman–Crippen MR) is 60.6 cm³/mol. The van der Waals surface area contributed by atoms with Crippen LogP contribution in [0.2, 0.25) is 0 Å². The van der Waals surface area contributed by atoms with Gasteiger partial charge in [-0.1, -0.05) is 18.2 Å². The summed E-state index contributed by atoms with van der Waals surface area (Å²) in [5.74, 6) is 0.679. The highest BCUT2D eigenvalue weighted by Crippen LogP contribution is 2.28. The van der Waals surface area contributed by atoms with Crippen molar-refractivity contribution in [3.8, 4) is 5.75 Å². The Hall–Kier alpha value is -1.51. The molecule has 0 spiro atoms. The molecule has 86 valence electrons. The van der Waals surface area contributed by atoms with Crippen molar-refractivity contribution in [3.05, 3.63) is 29.8 Å². The van der Waals surface area contributed by atoms with Gasteiger partial charge < -0.3 is 9.84 Å². The fourth-order valence-electron chi connectivity index (χ4n) is 2.14. The third kappa shape index (κ3) is 2.75. The Balaban J connectivity index is 2.02. The summed E-state index contributed by atoms with van der Waals surface area (Å²) in [6.45, 7) is 0.696. The number of hydrogen-bond acceptors (Lipinski definition) is 2. The Bertz CT molecular complexity index is 373. The molecule has 0 aromatic heterocycles. The van der Waals surface area contributed by atoms with Crippen LogP contribution in [0.25, 0.3) is 0 Å². The van der Waals surface area contributed by atoms with E-state index in [0.717, 1.165) is 25.0 Å². The maximum absolute atomic E-state index is 10.5. The number of ether oxygens (including phenoxy) is 1. The van der Waals surface area contributed by atoms with Gasteiger partial charge in [-0.15, -0.1) is 0 Å². The lowest BCUT2D eigenvalue weighted by atomic mass is 9.93. The highest BCUT2D eigenvalue weighted by atomic mass is 16.5. The van der Waals surface area contributed by atoms with E-state index in [-0.39, 0.29) is 6.42 Å². The van der Waals surface area contributed by atoms with Crippen LogP contribution >= 0.6 is 0 Å². The molecule has 2 rings (SSSR count). The molecule has 1 heterocycles. The first-order valence-corrected chi connectivity index (χ1v) is 5.68. The number of para-hydroxylation sites is 1. The summed E-state index contributed by atoms with van der Waals surface area (Å²) in [7, 11) is 0. The second kappa shape index (κ2) is 5.01. The predicted octanol–water partition coefficient (Wildman–Crippen LogP) is 2.49. The summed E-state index contributed by atoms with van der Waals surface area (Å²) in [5.41, 5.74) is 1.20. The van der Waals surface area contributed by atoms with Gasteiger partial charge in [0.25, 0.3) is 0 Å². The van der Waals surface area contributed by atoms with Crippen LogP contribution in [0, 0.1) is 5.92 Å². The molecule has 3 nitrogen and oxygen atoms in total. The number of carboxylic acid groups (broad SMARTS) is 1. The van der Waals surface area contributed by atoms with Gasteiger partial charge in [0.15, 0.2) is 0 Å². The number of hydrogen-bond donors (Lipinski definition) is 1. The maximum Gasteiger partial charge on any atom is 0.303 e. The van der Waals surface area contributed by atoms with Gasteiger partial charge in [-0.05, 0) is 36.8 Å². The van der Waals surface area contributed by atoms with Crippen molar-refractivity contribution in [2.24, 2.45) is 5.92 Å². The van der Waals surface area contributed by atoms with Crippen LogP contribution in [0.5, 0.6) is 5.75 Å². The monoisotopic (exact) mass is 220 g/mol. The van der Waals surface area contributed by atoms with Gasteiger partial charge in [0.2, 0.25) is 0 Å². The molecule has 1 unspecified atom stereocenters. The lowest BCUT2D eigenvalue weighted by molar-refractivity contribution is -0.137. The molecular formula is C13H16O3. The third-order valence-corrected chi connectivity index (χ3v) is 3.03. The van der Waals surface area contributed by atoms with Gasteiger partial charge in [-0.25, -0.2) is 0 Å². The first-order valence-electron chi connectivity index (χ1n) is 5.68. The van der Waals surface area contributed by atoms with Crippen molar-refractivity contribution in [2.45, 2.75) is 25.7 Å². The second-order valence-electron chi connectivity index (χ2n) is 4.25.